The van der Waals surface area contributed by atoms with Crippen LogP contribution in [0.5, 0.6) is 11.5 Å². The van der Waals surface area contributed by atoms with Crippen LogP contribution in [-0.4, -0.2) is 48.6 Å². The Balaban J connectivity index is 1.71. The second-order valence-corrected chi connectivity index (χ2v) is 8.96. The van der Waals surface area contributed by atoms with Crippen LogP contribution in [0.1, 0.15) is 27.5 Å². The molecule has 7 heteroatoms. The highest BCUT2D eigenvalue weighted by molar-refractivity contribution is 7.99. The summed E-state index contributed by atoms with van der Waals surface area (Å²) in [7, 11) is 3.25. The molecule has 0 N–H and O–H groups in total. The Morgan fingerprint density at radius 1 is 0.848 bits per heavy atom. The van der Waals surface area contributed by atoms with Crippen molar-refractivity contribution in [3.63, 3.8) is 0 Å². The second-order valence-electron chi connectivity index (χ2n) is 7.96. The molecule has 1 atom stereocenters. The fourth-order valence-electron chi connectivity index (χ4n) is 4.48. The summed E-state index contributed by atoms with van der Waals surface area (Å²) in [5, 5.41) is 0. The Hall–Kier alpha value is -3.45. The number of carbonyl (C=O) groups is 2. The van der Waals surface area contributed by atoms with Crippen molar-refractivity contribution in [2.24, 2.45) is 0 Å². The minimum absolute atomic E-state index is 0.0741. The average Bonchev–Trinajstić information content (AvgIpc) is 3.34. The Bertz CT molecular complexity index is 1130. The zero-order valence-corrected chi connectivity index (χ0v) is 19.2. The van der Waals surface area contributed by atoms with E-state index in [4.69, 9.17) is 9.47 Å². The molecular formula is C26H24N2O4S. The molecule has 1 saturated heterocycles. The van der Waals surface area contributed by atoms with Gasteiger partial charge in [0.05, 0.1) is 37.4 Å². The van der Waals surface area contributed by atoms with Crippen LogP contribution in [0.3, 0.4) is 0 Å². The Kier molecular flexibility index (Phi) is 5.72. The first-order valence-corrected chi connectivity index (χ1v) is 11.9. The number of methoxy groups -OCH3 is 2. The number of fused-ring (bicyclic) bond motifs is 2. The summed E-state index contributed by atoms with van der Waals surface area (Å²) in [6.07, 6.45) is 0. The number of ether oxygens (including phenoxy) is 2. The van der Waals surface area contributed by atoms with Crippen LogP contribution in [0.15, 0.2) is 72.8 Å². The van der Waals surface area contributed by atoms with Gasteiger partial charge in [-0.3, -0.25) is 14.5 Å². The fourth-order valence-corrected chi connectivity index (χ4v) is 5.62. The molecule has 0 radical (unpaired) electrons. The van der Waals surface area contributed by atoms with Crippen molar-refractivity contribution in [1.29, 1.82) is 0 Å². The first-order chi connectivity index (χ1) is 16.1. The van der Waals surface area contributed by atoms with E-state index in [1.54, 1.807) is 35.8 Å². The monoisotopic (exact) mass is 460 g/mol. The molecule has 0 unspecified atom stereocenters. The van der Waals surface area contributed by atoms with E-state index in [1.165, 1.54) is 0 Å². The molecule has 3 aromatic carbocycles. The van der Waals surface area contributed by atoms with Crippen molar-refractivity contribution in [1.82, 2.24) is 4.90 Å². The van der Waals surface area contributed by atoms with Crippen LogP contribution in [0.4, 0.5) is 5.69 Å². The van der Waals surface area contributed by atoms with Gasteiger partial charge in [0.25, 0.3) is 11.8 Å². The maximum absolute atomic E-state index is 14.0. The van der Waals surface area contributed by atoms with E-state index in [0.717, 1.165) is 22.6 Å². The molecule has 3 aromatic rings. The molecule has 0 spiro atoms. The predicted molar refractivity (Wildman–Crippen MR) is 129 cm³/mol. The molecule has 0 aliphatic carbocycles. The van der Waals surface area contributed by atoms with Gasteiger partial charge < -0.3 is 14.4 Å². The number of thioether (sulfide) groups is 1. The molecule has 5 rings (SSSR count). The van der Waals surface area contributed by atoms with Crippen molar-refractivity contribution >= 4 is 29.3 Å². The first kappa shape index (κ1) is 21.4. The SMILES string of the molecule is COc1ccc(C(c2ccc(OC)cc2)N2C(=O)[C@@H]3CSCN3C(=O)c3ccccc32)cc1. The number of nitrogens with zero attached hydrogens (tertiary/aromatic N) is 2. The van der Waals surface area contributed by atoms with Crippen LogP contribution in [-0.2, 0) is 4.79 Å². The van der Waals surface area contributed by atoms with Crippen molar-refractivity contribution in [3.8, 4) is 11.5 Å². The molecule has 6 nitrogen and oxygen atoms in total. The summed E-state index contributed by atoms with van der Waals surface area (Å²) >= 11 is 1.61. The third kappa shape index (κ3) is 3.72. The molecule has 168 valence electrons. The summed E-state index contributed by atoms with van der Waals surface area (Å²) in [6, 6.07) is 21.9. The summed E-state index contributed by atoms with van der Waals surface area (Å²) in [4.78, 5) is 30.9. The molecule has 0 bridgehead atoms. The first-order valence-electron chi connectivity index (χ1n) is 10.7. The molecule has 33 heavy (non-hydrogen) atoms. The predicted octanol–water partition coefficient (Wildman–Crippen LogP) is 4.36. The molecule has 2 aliphatic rings. The second kappa shape index (κ2) is 8.83. The van der Waals surface area contributed by atoms with Gasteiger partial charge in [-0.25, -0.2) is 0 Å². The van der Waals surface area contributed by atoms with Gasteiger partial charge >= 0.3 is 0 Å². The number of anilines is 1. The number of carbonyl (C=O) groups excluding carboxylic acids is 2. The van der Waals surface area contributed by atoms with E-state index < -0.39 is 12.1 Å². The molecule has 0 aromatic heterocycles. The Labute approximate surface area is 197 Å². The van der Waals surface area contributed by atoms with Gasteiger partial charge in [-0.15, -0.1) is 11.8 Å². The fraction of sp³-hybridized carbons (Fsp3) is 0.231. The number of para-hydroxylation sites is 1. The van der Waals surface area contributed by atoms with Gasteiger partial charge in [-0.05, 0) is 47.5 Å². The highest BCUT2D eigenvalue weighted by atomic mass is 32.2. The van der Waals surface area contributed by atoms with Gasteiger partial charge in [0.2, 0.25) is 0 Å². The highest BCUT2D eigenvalue weighted by Crippen LogP contribution is 2.41. The molecular weight excluding hydrogens is 436 g/mol. The topological polar surface area (TPSA) is 59.1 Å². The lowest BCUT2D eigenvalue weighted by atomic mass is 9.95. The minimum atomic E-state index is -0.492. The molecule has 2 amide bonds. The lowest BCUT2D eigenvalue weighted by Gasteiger charge is -2.34. The number of hydrogen-bond acceptors (Lipinski definition) is 5. The average molecular weight is 461 g/mol. The van der Waals surface area contributed by atoms with Crippen LogP contribution in [0.25, 0.3) is 0 Å². The van der Waals surface area contributed by atoms with Crippen LogP contribution in [0.2, 0.25) is 0 Å². The van der Waals surface area contributed by atoms with Crippen molar-refractivity contribution in [3.05, 3.63) is 89.5 Å². The molecule has 0 saturated carbocycles. The normalized spacial score (nSPS) is 17.6. The Morgan fingerprint density at radius 3 is 2.00 bits per heavy atom. The zero-order valence-electron chi connectivity index (χ0n) is 18.4. The van der Waals surface area contributed by atoms with Gasteiger partial charge in [0.1, 0.15) is 17.5 Å². The largest absolute Gasteiger partial charge is 0.497 e. The van der Waals surface area contributed by atoms with Gasteiger partial charge in [-0.2, -0.15) is 0 Å². The van der Waals surface area contributed by atoms with Crippen LogP contribution in [0, 0.1) is 0 Å². The number of amides is 2. The summed E-state index contributed by atoms with van der Waals surface area (Å²) in [6.45, 7) is 0. The standard InChI is InChI=1S/C26H24N2O4S/c1-31-19-11-7-17(8-12-19)24(18-9-13-20(32-2)14-10-18)28-22-6-4-3-5-21(22)25(29)27-16-33-15-23(27)26(28)30/h3-14,23-24H,15-16H2,1-2H3/t23-/m0/s1. The lowest BCUT2D eigenvalue weighted by Crippen LogP contribution is -2.47. The van der Waals surface area contributed by atoms with Crippen LogP contribution >= 0.6 is 11.8 Å². The van der Waals surface area contributed by atoms with Gasteiger partial charge in [0, 0.05) is 5.75 Å². The van der Waals surface area contributed by atoms with E-state index in [0.29, 0.717) is 22.9 Å². The summed E-state index contributed by atoms with van der Waals surface area (Å²) < 4.78 is 10.7. The smallest absolute Gasteiger partial charge is 0.257 e. The zero-order chi connectivity index (χ0) is 22.9. The maximum Gasteiger partial charge on any atom is 0.257 e. The van der Waals surface area contributed by atoms with E-state index in [9.17, 15) is 9.59 Å². The minimum Gasteiger partial charge on any atom is -0.497 e. The number of hydrogen-bond donors (Lipinski definition) is 0. The van der Waals surface area contributed by atoms with E-state index in [-0.39, 0.29) is 11.8 Å². The number of rotatable bonds is 5. The van der Waals surface area contributed by atoms with E-state index in [1.807, 2.05) is 72.8 Å². The van der Waals surface area contributed by atoms with Crippen molar-refractivity contribution in [2.45, 2.75) is 12.1 Å². The van der Waals surface area contributed by atoms with E-state index >= 15 is 0 Å². The highest BCUT2D eigenvalue weighted by Gasteiger charge is 2.45. The maximum atomic E-state index is 14.0. The quantitative estimate of drug-likeness (QED) is 0.566. The molecule has 2 aliphatic heterocycles. The Morgan fingerprint density at radius 2 is 1.42 bits per heavy atom. The summed E-state index contributed by atoms with van der Waals surface area (Å²) in [5.41, 5.74) is 3.03. The molecule has 1 fully saturated rings. The third-order valence-corrected chi connectivity index (χ3v) is 7.19. The number of benzene rings is 3. The third-order valence-electron chi connectivity index (χ3n) is 6.18. The van der Waals surface area contributed by atoms with E-state index in [2.05, 4.69) is 0 Å². The van der Waals surface area contributed by atoms with Gasteiger partial charge in [-0.1, -0.05) is 36.4 Å². The van der Waals surface area contributed by atoms with Crippen molar-refractivity contribution in [2.75, 3.05) is 30.7 Å². The van der Waals surface area contributed by atoms with Crippen molar-refractivity contribution < 1.29 is 19.1 Å². The molecule has 2 heterocycles. The van der Waals surface area contributed by atoms with Crippen LogP contribution < -0.4 is 14.4 Å². The van der Waals surface area contributed by atoms with Gasteiger partial charge in [0.15, 0.2) is 0 Å². The lowest BCUT2D eigenvalue weighted by molar-refractivity contribution is -0.122. The summed E-state index contributed by atoms with van der Waals surface area (Å²) in [5.74, 6) is 2.42.